The Kier molecular flexibility index (Phi) is 2.14. The average molecular weight is 154 g/mol. The fourth-order valence-corrected chi connectivity index (χ4v) is 2.28. The fourth-order valence-electron chi connectivity index (χ4n) is 2.28. The van der Waals surface area contributed by atoms with Gasteiger partial charge in [-0.15, -0.1) is 0 Å². The molecule has 0 aromatic carbocycles. The molecule has 2 heteroatoms. The van der Waals surface area contributed by atoms with Gasteiger partial charge in [0.15, 0.2) is 0 Å². The highest BCUT2D eigenvalue weighted by Crippen LogP contribution is 2.23. The summed E-state index contributed by atoms with van der Waals surface area (Å²) in [6, 6.07) is 0.894. The van der Waals surface area contributed by atoms with E-state index in [1.165, 1.54) is 38.9 Å². The number of likely N-dealkylation sites (tertiary alicyclic amines) is 1. The second kappa shape index (κ2) is 3.11. The molecule has 2 aliphatic rings. The summed E-state index contributed by atoms with van der Waals surface area (Å²) >= 11 is 0. The molecule has 1 unspecified atom stereocenters. The van der Waals surface area contributed by atoms with Crippen molar-refractivity contribution in [2.75, 3.05) is 26.7 Å². The lowest BCUT2D eigenvalue weighted by molar-refractivity contribution is 0.0989. The van der Waals surface area contributed by atoms with Gasteiger partial charge < -0.3 is 10.2 Å². The Morgan fingerprint density at radius 2 is 2.09 bits per heavy atom. The third-order valence-corrected chi connectivity index (χ3v) is 3.18. The Morgan fingerprint density at radius 1 is 1.27 bits per heavy atom. The van der Waals surface area contributed by atoms with Gasteiger partial charge in [-0.1, -0.05) is 6.42 Å². The Bertz CT molecular complexity index is 130. The van der Waals surface area contributed by atoms with Gasteiger partial charge in [-0.05, 0) is 32.4 Å². The Balaban J connectivity index is 1.88. The van der Waals surface area contributed by atoms with Gasteiger partial charge >= 0.3 is 0 Å². The van der Waals surface area contributed by atoms with Crippen molar-refractivity contribution in [3.8, 4) is 0 Å². The number of hydrogen-bond acceptors (Lipinski definition) is 2. The van der Waals surface area contributed by atoms with Crippen molar-refractivity contribution < 1.29 is 0 Å². The van der Waals surface area contributed by atoms with Crippen molar-refractivity contribution in [1.29, 1.82) is 0 Å². The Labute approximate surface area is 69.0 Å². The maximum absolute atomic E-state index is 3.35. The van der Waals surface area contributed by atoms with Crippen LogP contribution in [0.3, 0.4) is 0 Å². The van der Waals surface area contributed by atoms with Crippen LogP contribution in [0.25, 0.3) is 0 Å². The molecule has 2 rings (SSSR count). The third-order valence-electron chi connectivity index (χ3n) is 3.18. The summed E-state index contributed by atoms with van der Waals surface area (Å²) in [5, 5.41) is 3.35. The molecule has 2 aliphatic heterocycles. The molecule has 0 aliphatic carbocycles. The molecule has 64 valence electrons. The van der Waals surface area contributed by atoms with E-state index in [0.717, 1.165) is 12.0 Å². The van der Waals surface area contributed by atoms with Crippen molar-refractivity contribution in [2.45, 2.75) is 25.3 Å². The van der Waals surface area contributed by atoms with Gasteiger partial charge in [-0.2, -0.15) is 0 Å². The zero-order chi connectivity index (χ0) is 7.68. The zero-order valence-electron chi connectivity index (χ0n) is 7.34. The smallest absolute Gasteiger partial charge is 0.0145 e. The van der Waals surface area contributed by atoms with Crippen molar-refractivity contribution in [1.82, 2.24) is 10.2 Å². The van der Waals surface area contributed by atoms with Crippen LogP contribution in [0.15, 0.2) is 0 Å². The van der Waals surface area contributed by atoms with E-state index in [1.807, 2.05) is 0 Å². The molecule has 0 amide bonds. The first-order chi connectivity index (χ1) is 5.38. The summed E-state index contributed by atoms with van der Waals surface area (Å²) in [6.45, 7) is 3.84. The normalized spacial score (nSPS) is 35.2. The number of piperidine rings is 1. The summed E-state index contributed by atoms with van der Waals surface area (Å²) in [7, 11) is 2.28. The largest absolute Gasteiger partial charge is 0.316 e. The molecule has 0 spiro atoms. The Morgan fingerprint density at radius 3 is 2.64 bits per heavy atom. The van der Waals surface area contributed by atoms with Gasteiger partial charge in [0.2, 0.25) is 0 Å². The van der Waals surface area contributed by atoms with Crippen LogP contribution >= 0.6 is 0 Å². The molecule has 1 N–H and O–H groups in total. The van der Waals surface area contributed by atoms with Gasteiger partial charge in [0, 0.05) is 19.1 Å². The van der Waals surface area contributed by atoms with Gasteiger partial charge in [0.1, 0.15) is 0 Å². The molecule has 2 saturated heterocycles. The van der Waals surface area contributed by atoms with Gasteiger partial charge in [-0.25, -0.2) is 0 Å². The third kappa shape index (κ3) is 1.42. The number of nitrogens with one attached hydrogen (secondary N) is 1. The number of hydrogen-bond donors (Lipinski definition) is 1. The average Bonchev–Trinajstić information content (AvgIpc) is 1.90. The lowest BCUT2D eigenvalue weighted by Crippen LogP contribution is -2.54. The summed E-state index contributed by atoms with van der Waals surface area (Å²) in [5.74, 6) is 0.959. The van der Waals surface area contributed by atoms with Crippen LogP contribution in [0, 0.1) is 5.92 Å². The maximum Gasteiger partial charge on any atom is 0.0145 e. The van der Waals surface area contributed by atoms with E-state index < -0.39 is 0 Å². The van der Waals surface area contributed by atoms with Gasteiger partial charge in [0.05, 0.1) is 0 Å². The molecule has 0 radical (unpaired) electrons. The van der Waals surface area contributed by atoms with E-state index in [1.54, 1.807) is 0 Å². The molecule has 1 atom stereocenters. The van der Waals surface area contributed by atoms with E-state index in [0.29, 0.717) is 0 Å². The van der Waals surface area contributed by atoms with Gasteiger partial charge in [-0.3, -0.25) is 0 Å². The highest BCUT2D eigenvalue weighted by atomic mass is 15.2. The lowest BCUT2D eigenvalue weighted by atomic mass is 9.87. The van der Waals surface area contributed by atoms with Crippen LogP contribution in [-0.2, 0) is 0 Å². The van der Waals surface area contributed by atoms with Crippen molar-refractivity contribution in [2.24, 2.45) is 5.92 Å². The Hall–Kier alpha value is -0.0800. The van der Waals surface area contributed by atoms with Crippen LogP contribution in [0.4, 0.5) is 0 Å². The monoisotopic (exact) mass is 154 g/mol. The molecule has 2 nitrogen and oxygen atoms in total. The standard InChI is InChI=1S/C9H18N2/c1-11-5-3-2-4-9(11)8-6-10-7-8/h8-10H,2-7H2,1H3. The number of nitrogens with zero attached hydrogens (tertiary/aromatic N) is 1. The molecule has 0 bridgehead atoms. The number of rotatable bonds is 1. The maximum atomic E-state index is 3.35. The molecule has 2 heterocycles. The summed E-state index contributed by atoms with van der Waals surface area (Å²) in [4.78, 5) is 2.55. The fraction of sp³-hybridized carbons (Fsp3) is 1.00. The first-order valence-corrected chi connectivity index (χ1v) is 4.79. The minimum Gasteiger partial charge on any atom is -0.316 e. The van der Waals surface area contributed by atoms with Crippen LogP contribution in [-0.4, -0.2) is 37.6 Å². The minimum atomic E-state index is 0.894. The van der Waals surface area contributed by atoms with Crippen LogP contribution in [0.2, 0.25) is 0 Å². The second-order valence-corrected chi connectivity index (χ2v) is 3.96. The van der Waals surface area contributed by atoms with Crippen LogP contribution < -0.4 is 5.32 Å². The molecular weight excluding hydrogens is 136 g/mol. The zero-order valence-corrected chi connectivity index (χ0v) is 7.34. The van der Waals surface area contributed by atoms with E-state index in [9.17, 15) is 0 Å². The van der Waals surface area contributed by atoms with E-state index in [2.05, 4.69) is 17.3 Å². The first kappa shape index (κ1) is 7.56. The topological polar surface area (TPSA) is 15.3 Å². The second-order valence-electron chi connectivity index (χ2n) is 3.96. The minimum absolute atomic E-state index is 0.894. The molecular formula is C9H18N2. The van der Waals surface area contributed by atoms with Crippen molar-refractivity contribution >= 4 is 0 Å². The predicted molar refractivity (Wildman–Crippen MR) is 46.6 cm³/mol. The molecule has 2 fully saturated rings. The summed E-state index contributed by atoms with van der Waals surface area (Å²) in [5.41, 5.74) is 0. The first-order valence-electron chi connectivity index (χ1n) is 4.79. The summed E-state index contributed by atoms with van der Waals surface area (Å²) < 4.78 is 0. The summed E-state index contributed by atoms with van der Waals surface area (Å²) in [6.07, 6.45) is 4.29. The van der Waals surface area contributed by atoms with Crippen molar-refractivity contribution in [3.63, 3.8) is 0 Å². The van der Waals surface area contributed by atoms with E-state index in [-0.39, 0.29) is 0 Å². The van der Waals surface area contributed by atoms with Crippen LogP contribution in [0.5, 0.6) is 0 Å². The SMILES string of the molecule is CN1CCCCC1C1CNC1. The predicted octanol–water partition coefficient (Wildman–Crippen LogP) is 0.690. The molecule has 0 aromatic heterocycles. The van der Waals surface area contributed by atoms with E-state index >= 15 is 0 Å². The van der Waals surface area contributed by atoms with Gasteiger partial charge in [0.25, 0.3) is 0 Å². The van der Waals surface area contributed by atoms with Crippen LogP contribution in [0.1, 0.15) is 19.3 Å². The molecule has 0 aromatic rings. The molecule has 0 saturated carbocycles. The van der Waals surface area contributed by atoms with Crippen molar-refractivity contribution in [3.05, 3.63) is 0 Å². The quantitative estimate of drug-likeness (QED) is 0.598. The highest BCUT2D eigenvalue weighted by molar-refractivity contribution is 4.88. The highest BCUT2D eigenvalue weighted by Gasteiger charge is 2.30. The van der Waals surface area contributed by atoms with E-state index in [4.69, 9.17) is 0 Å². The molecule has 11 heavy (non-hydrogen) atoms. The lowest BCUT2D eigenvalue weighted by Gasteiger charge is -2.42.